The van der Waals surface area contributed by atoms with Gasteiger partial charge in [-0.05, 0) is 17.0 Å². The molecule has 1 radical (unpaired) electrons. The maximum Gasteiger partial charge on any atom is 0.164 e. The number of benzene rings is 4. The molecule has 0 aliphatic rings. The van der Waals surface area contributed by atoms with Crippen molar-refractivity contribution >= 4 is 21.7 Å². The predicted molar refractivity (Wildman–Crippen MR) is 128 cm³/mol. The van der Waals surface area contributed by atoms with Crippen LogP contribution < -0.4 is 0 Å². The van der Waals surface area contributed by atoms with E-state index in [1.54, 1.807) is 0 Å². The molecule has 33 heavy (non-hydrogen) atoms. The Morgan fingerprint density at radius 1 is 0.576 bits per heavy atom. The van der Waals surface area contributed by atoms with Crippen LogP contribution in [0, 0.1) is 6.07 Å². The molecule has 0 bridgehead atoms. The van der Waals surface area contributed by atoms with Gasteiger partial charge in [0.05, 0.1) is 0 Å². The fourth-order valence-electron chi connectivity index (χ4n) is 3.94. The number of fused-ring (bicyclic) bond motifs is 3. The molecule has 0 saturated carbocycles. The van der Waals surface area contributed by atoms with Gasteiger partial charge in [0, 0.05) is 37.4 Å². The number of aromatic nitrogens is 4. The molecule has 0 spiro atoms. The van der Waals surface area contributed by atoms with Gasteiger partial charge < -0.3 is 4.98 Å². The van der Waals surface area contributed by atoms with Crippen molar-refractivity contribution in [1.82, 2.24) is 19.9 Å². The van der Waals surface area contributed by atoms with Crippen molar-refractivity contribution in [3.05, 3.63) is 109 Å². The van der Waals surface area contributed by atoms with Gasteiger partial charge in [-0.3, -0.25) is 0 Å². The maximum absolute atomic E-state index is 4.87. The number of rotatable bonds is 3. The first-order chi connectivity index (χ1) is 15.9. The summed E-state index contributed by atoms with van der Waals surface area (Å²) in [6, 6.07) is 35.5. The standard InChI is InChI=1S/C28H17N4.Ir/c1-3-9-20(10-4-1)26-30-27(21-11-5-2-6-12-21)32-28(31-26)24-15-7-14-23-22(24)17-16-19-13-8-18-29-25(19)23;/h1-13,15-18H;/q-1;. The molecular formula is C28H17IrN4-. The Hall–Kier alpha value is -3.79. The second-order valence-electron chi connectivity index (χ2n) is 7.49. The minimum Gasteiger partial charge on any atom is -0.304 e. The van der Waals surface area contributed by atoms with E-state index in [9.17, 15) is 0 Å². The van der Waals surface area contributed by atoms with Crippen molar-refractivity contribution < 1.29 is 20.1 Å². The average Bonchev–Trinajstić information content (AvgIpc) is 2.89. The Morgan fingerprint density at radius 2 is 1.21 bits per heavy atom. The van der Waals surface area contributed by atoms with Gasteiger partial charge in [0.25, 0.3) is 0 Å². The Balaban J connectivity index is 0.00000228. The zero-order chi connectivity index (χ0) is 21.3. The van der Waals surface area contributed by atoms with Gasteiger partial charge in [0.1, 0.15) is 5.82 Å². The second kappa shape index (κ2) is 8.99. The Kier molecular flexibility index (Phi) is 5.74. The fraction of sp³-hybridized carbons (Fsp3) is 0. The number of pyridine rings is 1. The van der Waals surface area contributed by atoms with Crippen LogP contribution in [0.1, 0.15) is 0 Å². The van der Waals surface area contributed by atoms with E-state index in [-0.39, 0.29) is 20.1 Å². The van der Waals surface area contributed by atoms with E-state index in [0.717, 1.165) is 38.4 Å². The summed E-state index contributed by atoms with van der Waals surface area (Å²) in [5.74, 6) is 1.93. The van der Waals surface area contributed by atoms with Crippen molar-refractivity contribution in [3.8, 4) is 34.2 Å². The average molecular weight is 602 g/mol. The summed E-state index contributed by atoms with van der Waals surface area (Å²) in [6.45, 7) is 0. The molecule has 2 aromatic heterocycles. The molecule has 159 valence electrons. The van der Waals surface area contributed by atoms with Crippen LogP contribution in [-0.4, -0.2) is 19.9 Å². The SMILES string of the molecule is [Ir].[c-]1ccc(-c2nc(-c3ccccc3)nc(-c3ccccc3)n2)c2ccc3cccnc3c12. The van der Waals surface area contributed by atoms with Crippen molar-refractivity contribution in [2.45, 2.75) is 0 Å². The summed E-state index contributed by atoms with van der Waals surface area (Å²) in [7, 11) is 0. The van der Waals surface area contributed by atoms with Gasteiger partial charge in [-0.1, -0.05) is 89.8 Å². The van der Waals surface area contributed by atoms with Gasteiger partial charge in [-0.25, -0.2) is 15.0 Å². The molecule has 0 amide bonds. The van der Waals surface area contributed by atoms with E-state index in [4.69, 9.17) is 15.0 Å². The summed E-state index contributed by atoms with van der Waals surface area (Å²) in [5, 5.41) is 3.06. The Labute approximate surface area is 204 Å². The van der Waals surface area contributed by atoms with Gasteiger partial charge in [-0.2, -0.15) is 0 Å². The van der Waals surface area contributed by atoms with E-state index in [0.29, 0.717) is 17.5 Å². The zero-order valence-electron chi connectivity index (χ0n) is 17.4. The van der Waals surface area contributed by atoms with E-state index < -0.39 is 0 Å². The van der Waals surface area contributed by atoms with Gasteiger partial charge in [0.2, 0.25) is 0 Å². The van der Waals surface area contributed by atoms with E-state index in [1.165, 1.54) is 0 Å². The Bertz CT molecular complexity index is 1510. The molecule has 0 unspecified atom stereocenters. The van der Waals surface area contributed by atoms with E-state index >= 15 is 0 Å². The van der Waals surface area contributed by atoms with Crippen LogP contribution in [0.25, 0.3) is 55.8 Å². The molecule has 6 rings (SSSR count). The molecule has 6 aromatic rings. The van der Waals surface area contributed by atoms with Gasteiger partial charge in [-0.15, -0.1) is 23.6 Å². The summed E-state index contributed by atoms with van der Waals surface area (Å²) in [6.07, 6.45) is 1.81. The number of nitrogens with zero attached hydrogens (tertiary/aromatic N) is 4. The minimum absolute atomic E-state index is 0. The number of hydrogen-bond donors (Lipinski definition) is 0. The molecule has 0 atom stereocenters. The van der Waals surface area contributed by atoms with Crippen LogP contribution >= 0.6 is 0 Å². The third-order valence-electron chi connectivity index (χ3n) is 5.48. The molecule has 2 heterocycles. The summed E-state index contributed by atoms with van der Waals surface area (Å²) in [4.78, 5) is 19.1. The first-order valence-electron chi connectivity index (χ1n) is 10.4. The normalized spacial score (nSPS) is 10.8. The predicted octanol–water partition coefficient (Wildman–Crippen LogP) is 6.37. The van der Waals surface area contributed by atoms with Gasteiger partial charge in [0.15, 0.2) is 11.6 Å². The smallest absolute Gasteiger partial charge is 0.164 e. The molecule has 0 saturated heterocycles. The second-order valence-corrected chi connectivity index (χ2v) is 7.49. The first kappa shape index (κ1) is 21.1. The van der Waals surface area contributed by atoms with Crippen molar-refractivity contribution in [1.29, 1.82) is 0 Å². The molecule has 0 fully saturated rings. The Morgan fingerprint density at radius 3 is 1.88 bits per heavy atom. The largest absolute Gasteiger partial charge is 0.304 e. The van der Waals surface area contributed by atoms with Crippen LogP contribution in [-0.2, 0) is 20.1 Å². The minimum atomic E-state index is 0. The topological polar surface area (TPSA) is 51.6 Å². The molecule has 0 aliphatic carbocycles. The third-order valence-corrected chi connectivity index (χ3v) is 5.48. The molecule has 0 N–H and O–H groups in total. The molecule has 5 heteroatoms. The molecular weight excluding hydrogens is 585 g/mol. The summed E-state index contributed by atoms with van der Waals surface area (Å²) in [5.41, 5.74) is 3.76. The zero-order valence-corrected chi connectivity index (χ0v) is 19.8. The number of hydrogen-bond acceptors (Lipinski definition) is 4. The quantitative estimate of drug-likeness (QED) is 0.175. The summed E-state index contributed by atoms with van der Waals surface area (Å²) >= 11 is 0. The van der Waals surface area contributed by atoms with Crippen molar-refractivity contribution in [2.75, 3.05) is 0 Å². The first-order valence-corrected chi connectivity index (χ1v) is 10.4. The summed E-state index contributed by atoms with van der Waals surface area (Å²) < 4.78 is 0. The van der Waals surface area contributed by atoms with Crippen LogP contribution in [0.3, 0.4) is 0 Å². The van der Waals surface area contributed by atoms with Crippen LogP contribution in [0.2, 0.25) is 0 Å². The van der Waals surface area contributed by atoms with E-state index in [2.05, 4.69) is 29.2 Å². The molecule has 4 nitrogen and oxygen atoms in total. The monoisotopic (exact) mass is 602 g/mol. The van der Waals surface area contributed by atoms with Gasteiger partial charge >= 0.3 is 0 Å². The van der Waals surface area contributed by atoms with E-state index in [1.807, 2.05) is 85.1 Å². The maximum atomic E-state index is 4.87. The van der Waals surface area contributed by atoms with Crippen LogP contribution in [0.4, 0.5) is 0 Å². The van der Waals surface area contributed by atoms with Crippen LogP contribution in [0.15, 0.2) is 103 Å². The van der Waals surface area contributed by atoms with Crippen molar-refractivity contribution in [3.63, 3.8) is 0 Å². The van der Waals surface area contributed by atoms with Crippen molar-refractivity contribution in [2.24, 2.45) is 0 Å². The third kappa shape index (κ3) is 3.93. The molecule has 0 aliphatic heterocycles. The fourth-order valence-corrected chi connectivity index (χ4v) is 3.94. The molecule has 4 aromatic carbocycles. The van der Waals surface area contributed by atoms with Crippen LogP contribution in [0.5, 0.6) is 0 Å².